The average Bonchev–Trinajstić information content (AvgIpc) is 3.30. The van der Waals surface area contributed by atoms with E-state index in [1.807, 2.05) is 5.38 Å². The van der Waals surface area contributed by atoms with Crippen LogP contribution in [-0.2, 0) is 11.2 Å². The van der Waals surface area contributed by atoms with Crippen molar-refractivity contribution in [2.45, 2.75) is 26.2 Å². The van der Waals surface area contributed by atoms with Crippen LogP contribution in [0.2, 0.25) is 0 Å². The van der Waals surface area contributed by atoms with Crippen LogP contribution in [0.25, 0.3) is 10.2 Å². The van der Waals surface area contributed by atoms with Gasteiger partial charge < -0.3 is 10.2 Å². The third-order valence-corrected chi connectivity index (χ3v) is 6.34. The minimum atomic E-state index is -0.0491. The SMILES string of the molecule is CCc1cc2c(N3CCC[C@@H](C(=O)Nc4nccs4)C3)ncnc2s1. The summed E-state index contributed by atoms with van der Waals surface area (Å²) < 4.78 is 0. The molecule has 1 N–H and O–H groups in total. The van der Waals surface area contributed by atoms with Gasteiger partial charge in [-0.3, -0.25) is 4.79 Å². The highest BCUT2D eigenvalue weighted by molar-refractivity contribution is 7.18. The third-order valence-electron chi connectivity index (χ3n) is 4.46. The van der Waals surface area contributed by atoms with Crippen LogP contribution in [0.5, 0.6) is 0 Å². The van der Waals surface area contributed by atoms with Crippen LogP contribution in [0.3, 0.4) is 0 Å². The van der Waals surface area contributed by atoms with Crippen molar-refractivity contribution >= 4 is 49.7 Å². The van der Waals surface area contributed by atoms with E-state index in [2.05, 4.69) is 38.2 Å². The number of fused-ring (bicyclic) bond motifs is 1. The van der Waals surface area contributed by atoms with Crippen molar-refractivity contribution < 1.29 is 4.79 Å². The van der Waals surface area contributed by atoms with Gasteiger partial charge in [0.15, 0.2) is 5.13 Å². The number of piperidine rings is 1. The summed E-state index contributed by atoms with van der Waals surface area (Å²) >= 11 is 3.17. The molecule has 1 fully saturated rings. The molecule has 0 saturated carbocycles. The van der Waals surface area contributed by atoms with Gasteiger partial charge in [0.2, 0.25) is 5.91 Å². The molecular formula is C17H19N5OS2. The van der Waals surface area contributed by atoms with Crippen LogP contribution in [0.4, 0.5) is 10.9 Å². The van der Waals surface area contributed by atoms with E-state index in [0.29, 0.717) is 11.7 Å². The predicted octanol–water partition coefficient (Wildman–Crippen LogP) is 3.57. The molecule has 3 aromatic heterocycles. The quantitative estimate of drug-likeness (QED) is 0.757. The largest absolute Gasteiger partial charge is 0.355 e. The monoisotopic (exact) mass is 373 g/mol. The van der Waals surface area contributed by atoms with Crippen LogP contribution in [-0.4, -0.2) is 33.9 Å². The van der Waals surface area contributed by atoms with Gasteiger partial charge in [0, 0.05) is 29.5 Å². The second kappa shape index (κ2) is 7.05. The highest BCUT2D eigenvalue weighted by Crippen LogP contribution is 2.32. The molecule has 0 radical (unpaired) electrons. The second-order valence-corrected chi connectivity index (χ2v) is 8.10. The Morgan fingerprint density at radius 3 is 3.12 bits per heavy atom. The molecule has 3 aromatic rings. The number of thiophene rings is 1. The van der Waals surface area contributed by atoms with Crippen molar-refractivity contribution in [1.82, 2.24) is 15.0 Å². The van der Waals surface area contributed by atoms with Crippen molar-refractivity contribution in [3.05, 3.63) is 28.8 Å². The lowest BCUT2D eigenvalue weighted by molar-refractivity contribution is -0.120. The van der Waals surface area contributed by atoms with Crippen molar-refractivity contribution in [1.29, 1.82) is 0 Å². The maximum Gasteiger partial charge on any atom is 0.231 e. The van der Waals surface area contributed by atoms with E-state index < -0.39 is 0 Å². The lowest BCUT2D eigenvalue weighted by Crippen LogP contribution is -2.41. The molecule has 0 spiro atoms. The Kier molecular flexibility index (Phi) is 4.63. The number of hydrogen-bond donors (Lipinski definition) is 1. The highest BCUT2D eigenvalue weighted by atomic mass is 32.1. The Labute approximate surface area is 153 Å². The molecule has 8 heteroatoms. The van der Waals surface area contributed by atoms with Gasteiger partial charge in [-0.25, -0.2) is 15.0 Å². The van der Waals surface area contributed by atoms with Crippen LogP contribution in [0, 0.1) is 5.92 Å². The number of thiazole rings is 1. The molecule has 6 nitrogen and oxygen atoms in total. The molecule has 130 valence electrons. The first-order valence-corrected chi connectivity index (χ1v) is 10.1. The van der Waals surface area contributed by atoms with Gasteiger partial charge in [0.25, 0.3) is 0 Å². The molecule has 0 aromatic carbocycles. The first-order valence-electron chi connectivity index (χ1n) is 8.43. The number of carbonyl (C=O) groups excluding carboxylic acids is 1. The summed E-state index contributed by atoms with van der Waals surface area (Å²) in [5.41, 5.74) is 0. The Balaban J connectivity index is 1.55. The smallest absolute Gasteiger partial charge is 0.231 e. The molecule has 0 aliphatic carbocycles. The van der Waals surface area contributed by atoms with Gasteiger partial charge in [-0.1, -0.05) is 6.92 Å². The van der Waals surface area contributed by atoms with Crippen LogP contribution in [0.15, 0.2) is 24.0 Å². The zero-order valence-corrected chi connectivity index (χ0v) is 15.6. The summed E-state index contributed by atoms with van der Waals surface area (Å²) in [4.78, 5) is 30.2. The fourth-order valence-corrected chi connectivity index (χ4v) is 4.66. The second-order valence-electron chi connectivity index (χ2n) is 6.09. The Morgan fingerprint density at radius 2 is 2.32 bits per heavy atom. The van der Waals surface area contributed by atoms with Gasteiger partial charge >= 0.3 is 0 Å². The minimum Gasteiger partial charge on any atom is -0.355 e. The van der Waals surface area contributed by atoms with E-state index in [-0.39, 0.29) is 11.8 Å². The summed E-state index contributed by atoms with van der Waals surface area (Å²) in [5, 5.41) is 6.55. The van der Waals surface area contributed by atoms with Gasteiger partial charge in [0.05, 0.1) is 11.3 Å². The summed E-state index contributed by atoms with van der Waals surface area (Å²) in [5.74, 6) is 0.948. The molecular weight excluding hydrogens is 354 g/mol. The number of rotatable bonds is 4. The zero-order valence-electron chi connectivity index (χ0n) is 13.9. The van der Waals surface area contributed by atoms with E-state index in [0.717, 1.165) is 41.8 Å². The fourth-order valence-electron chi connectivity index (χ4n) is 3.20. The van der Waals surface area contributed by atoms with Crippen LogP contribution in [0.1, 0.15) is 24.6 Å². The van der Waals surface area contributed by atoms with Gasteiger partial charge in [-0.15, -0.1) is 22.7 Å². The zero-order chi connectivity index (χ0) is 17.2. The molecule has 25 heavy (non-hydrogen) atoms. The van der Waals surface area contributed by atoms with Crippen molar-refractivity contribution in [2.24, 2.45) is 5.92 Å². The standard InChI is InChI=1S/C17H19N5OS2/c1-2-12-8-13-14(19-10-20-16(13)25-12)22-6-3-4-11(9-22)15(23)21-17-18-5-7-24-17/h5,7-8,10-11H,2-4,6,9H2,1H3,(H,18,21,23)/t11-/m1/s1. The van der Waals surface area contributed by atoms with Crippen molar-refractivity contribution in [3.63, 3.8) is 0 Å². The normalized spacial score (nSPS) is 17.8. The van der Waals surface area contributed by atoms with E-state index in [1.54, 1.807) is 23.9 Å². The third kappa shape index (κ3) is 3.36. The number of nitrogens with one attached hydrogen (secondary N) is 1. The molecule has 4 rings (SSSR count). The first kappa shape index (κ1) is 16.4. The average molecular weight is 374 g/mol. The number of nitrogens with zero attached hydrogens (tertiary/aromatic N) is 4. The predicted molar refractivity (Wildman–Crippen MR) is 102 cm³/mol. The lowest BCUT2D eigenvalue weighted by atomic mass is 9.97. The number of aryl methyl sites for hydroxylation is 1. The van der Waals surface area contributed by atoms with E-state index in [9.17, 15) is 4.79 Å². The minimum absolute atomic E-state index is 0.0458. The Bertz CT molecular complexity index is 876. The van der Waals surface area contributed by atoms with E-state index >= 15 is 0 Å². The molecule has 4 heterocycles. The molecule has 1 saturated heterocycles. The Morgan fingerprint density at radius 1 is 1.40 bits per heavy atom. The molecule has 1 aliphatic rings. The molecule has 1 atom stereocenters. The Hall–Kier alpha value is -2.06. The van der Waals surface area contributed by atoms with Crippen molar-refractivity contribution in [3.8, 4) is 0 Å². The highest BCUT2D eigenvalue weighted by Gasteiger charge is 2.28. The molecule has 0 unspecified atom stereocenters. The van der Waals surface area contributed by atoms with E-state index in [1.165, 1.54) is 16.2 Å². The van der Waals surface area contributed by atoms with Gasteiger partial charge in [-0.2, -0.15) is 0 Å². The maximum absolute atomic E-state index is 12.6. The van der Waals surface area contributed by atoms with Crippen molar-refractivity contribution in [2.75, 3.05) is 23.3 Å². The van der Waals surface area contributed by atoms with Crippen LogP contribution >= 0.6 is 22.7 Å². The lowest BCUT2D eigenvalue weighted by Gasteiger charge is -2.32. The number of anilines is 2. The summed E-state index contributed by atoms with van der Waals surface area (Å²) in [7, 11) is 0. The summed E-state index contributed by atoms with van der Waals surface area (Å²) in [6.07, 6.45) is 6.21. The van der Waals surface area contributed by atoms with Gasteiger partial charge in [0.1, 0.15) is 17.0 Å². The topological polar surface area (TPSA) is 71.0 Å². The molecule has 0 bridgehead atoms. The fraction of sp³-hybridized carbons (Fsp3) is 0.412. The molecule has 1 aliphatic heterocycles. The number of aromatic nitrogens is 3. The number of amides is 1. The van der Waals surface area contributed by atoms with Crippen LogP contribution < -0.4 is 10.2 Å². The summed E-state index contributed by atoms with van der Waals surface area (Å²) in [6, 6.07) is 2.19. The number of hydrogen-bond acceptors (Lipinski definition) is 7. The molecule has 1 amide bonds. The number of carbonyl (C=O) groups is 1. The maximum atomic E-state index is 12.6. The first-order chi connectivity index (χ1) is 12.2. The van der Waals surface area contributed by atoms with E-state index in [4.69, 9.17) is 0 Å². The van der Waals surface area contributed by atoms with Gasteiger partial charge in [-0.05, 0) is 25.3 Å². The summed E-state index contributed by atoms with van der Waals surface area (Å²) in [6.45, 7) is 3.75.